The average molecular weight is 551 g/mol. The van der Waals surface area contributed by atoms with E-state index in [1.807, 2.05) is 24.3 Å². The van der Waals surface area contributed by atoms with E-state index in [4.69, 9.17) is 19.9 Å². The zero-order valence-electron chi connectivity index (χ0n) is 22.1. The Balaban J connectivity index is 1.44. The van der Waals surface area contributed by atoms with Crippen LogP contribution in [0.25, 0.3) is 0 Å². The molecule has 42 heavy (non-hydrogen) atoms. The van der Waals surface area contributed by atoms with Gasteiger partial charge in [-0.05, 0) is 24.3 Å². The molecule has 0 aliphatic carbocycles. The van der Waals surface area contributed by atoms with Crippen LogP contribution in [0.2, 0.25) is 0 Å². The largest absolute Gasteiger partial charge is 0.298 e. The number of aromatic nitrogens is 8. The van der Waals surface area contributed by atoms with Gasteiger partial charge in [0.2, 0.25) is 0 Å². The molecule has 0 amide bonds. The van der Waals surface area contributed by atoms with Crippen LogP contribution >= 0.6 is 0 Å². The monoisotopic (exact) mass is 550 g/mol. The molecular weight excluding hydrogens is 528 g/mol. The van der Waals surface area contributed by atoms with Crippen LogP contribution in [0.3, 0.4) is 0 Å². The third-order valence-corrected chi connectivity index (χ3v) is 7.31. The summed E-state index contributed by atoms with van der Waals surface area (Å²) in [5.41, 5.74) is 3.79. The summed E-state index contributed by atoms with van der Waals surface area (Å²) in [6.45, 7) is 0. The summed E-state index contributed by atoms with van der Waals surface area (Å²) >= 11 is 0. The van der Waals surface area contributed by atoms with Gasteiger partial charge in [-0.2, -0.15) is 0 Å². The molecule has 8 rings (SSSR count). The van der Waals surface area contributed by atoms with Crippen molar-refractivity contribution in [2.45, 2.75) is 12.3 Å². The maximum atomic E-state index is 4.76. The van der Waals surface area contributed by atoms with Crippen LogP contribution in [-0.2, 0) is 0 Å². The van der Waals surface area contributed by atoms with E-state index in [2.05, 4.69) is 63.8 Å². The van der Waals surface area contributed by atoms with Crippen molar-refractivity contribution in [3.8, 4) is 0 Å². The third kappa shape index (κ3) is 3.69. The highest BCUT2D eigenvalue weighted by Crippen LogP contribution is 2.54. The van der Waals surface area contributed by atoms with Crippen molar-refractivity contribution < 1.29 is 0 Å². The fourth-order valence-corrected chi connectivity index (χ4v) is 5.78. The second kappa shape index (κ2) is 9.86. The maximum Gasteiger partial charge on any atom is 0.154 e. The van der Waals surface area contributed by atoms with Crippen LogP contribution in [-0.4, -0.2) is 52.2 Å². The number of rotatable bonds is 5. The predicted molar refractivity (Wildman–Crippen MR) is 157 cm³/mol. The maximum absolute atomic E-state index is 4.76. The number of hydrogen-bond acceptors (Lipinski definition) is 12. The van der Waals surface area contributed by atoms with E-state index in [0.29, 0.717) is 23.3 Å². The summed E-state index contributed by atoms with van der Waals surface area (Å²) in [6.07, 6.45) is 19.6. The molecule has 6 aromatic rings. The fourth-order valence-electron chi connectivity index (χ4n) is 5.78. The normalized spacial score (nSPS) is 14.8. The molecule has 12 heteroatoms. The number of benzene rings is 2. The van der Waals surface area contributed by atoms with Crippen molar-refractivity contribution in [3.05, 3.63) is 123 Å². The summed E-state index contributed by atoms with van der Waals surface area (Å²) < 4.78 is 0. The zero-order chi connectivity index (χ0) is 27.9. The Labute approximate surface area is 240 Å². The number of anilines is 8. The molecule has 2 aliphatic rings. The van der Waals surface area contributed by atoms with E-state index in [9.17, 15) is 0 Å². The van der Waals surface area contributed by atoms with Crippen molar-refractivity contribution >= 4 is 46.0 Å². The van der Waals surface area contributed by atoms with Gasteiger partial charge in [0, 0.05) is 49.6 Å². The minimum atomic E-state index is -0.466. The lowest BCUT2D eigenvalue weighted by atomic mass is 10.2. The molecule has 2 aliphatic heterocycles. The lowest BCUT2D eigenvalue weighted by Gasteiger charge is -2.42. The van der Waals surface area contributed by atoms with Gasteiger partial charge >= 0.3 is 0 Å². The zero-order valence-corrected chi connectivity index (χ0v) is 22.1. The molecule has 0 atom stereocenters. The quantitative estimate of drug-likeness (QED) is 0.294. The van der Waals surface area contributed by atoms with Crippen LogP contribution in [0, 0.1) is 0 Å². The van der Waals surface area contributed by atoms with Gasteiger partial charge in [0.1, 0.15) is 0 Å². The molecule has 0 saturated heterocycles. The van der Waals surface area contributed by atoms with Crippen molar-refractivity contribution in [2.24, 2.45) is 0 Å². The first kappa shape index (κ1) is 23.8. The average Bonchev–Trinajstić information content (AvgIpc) is 3.59. The number of para-hydroxylation sites is 4. The molecule has 0 fully saturated rings. The van der Waals surface area contributed by atoms with Gasteiger partial charge < -0.3 is 0 Å². The number of fused-ring (bicyclic) bond motifs is 2. The molecule has 0 saturated carbocycles. The fraction of sp³-hybridized carbons (Fsp3) is 0.0667. The van der Waals surface area contributed by atoms with E-state index in [-0.39, 0.29) is 0 Å². The van der Waals surface area contributed by atoms with Gasteiger partial charge in [-0.3, -0.25) is 39.5 Å². The lowest BCUT2D eigenvalue weighted by Crippen LogP contribution is -2.58. The Hall–Kier alpha value is -6.04. The first-order chi connectivity index (χ1) is 20.9. The SMILES string of the molecule is c1ccc2c(c1)N(c1cnccn1)C(C1N(c3cnccn3)c3ccccc3N1c1cnccn1)N2c1cnccn1. The second-order valence-electron chi connectivity index (χ2n) is 9.54. The molecule has 6 heterocycles. The topological polar surface area (TPSA) is 116 Å². The third-order valence-electron chi connectivity index (χ3n) is 7.31. The van der Waals surface area contributed by atoms with Crippen molar-refractivity contribution in [3.63, 3.8) is 0 Å². The summed E-state index contributed by atoms with van der Waals surface area (Å²) in [6, 6.07) is 16.4. The molecule has 4 aromatic heterocycles. The summed E-state index contributed by atoms with van der Waals surface area (Å²) in [5.74, 6) is 2.71. The van der Waals surface area contributed by atoms with Crippen LogP contribution in [0.4, 0.5) is 46.0 Å². The van der Waals surface area contributed by atoms with Gasteiger partial charge in [-0.1, -0.05) is 24.3 Å². The van der Waals surface area contributed by atoms with E-state index in [1.165, 1.54) is 0 Å². The van der Waals surface area contributed by atoms with E-state index in [1.54, 1.807) is 74.4 Å². The van der Waals surface area contributed by atoms with Gasteiger partial charge in [0.15, 0.2) is 35.6 Å². The smallest absolute Gasteiger partial charge is 0.154 e. The van der Waals surface area contributed by atoms with Crippen LogP contribution in [0.15, 0.2) is 123 Å². The summed E-state index contributed by atoms with van der Waals surface area (Å²) in [5, 5.41) is 0. The minimum Gasteiger partial charge on any atom is -0.298 e. The molecule has 0 bridgehead atoms. The predicted octanol–water partition coefficient (Wildman–Crippen LogP) is 4.78. The highest BCUT2D eigenvalue weighted by Gasteiger charge is 2.53. The Bertz CT molecular complexity index is 1560. The molecule has 0 N–H and O–H groups in total. The van der Waals surface area contributed by atoms with Crippen LogP contribution in [0.5, 0.6) is 0 Å². The minimum absolute atomic E-state index is 0.466. The summed E-state index contributed by atoms with van der Waals surface area (Å²) in [4.78, 5) is 45.5. The van der Waals surface area contributed by atoms with E-state index < -0.39 is 12.3 Å². The molecule has 0 spiro atoms. The lowest BCUT2D eigenvalue weighted by molar-refractivity contribution is 0.538. The highest BCUT2D eigenvalue weighted by molar-refractivity contribution is 5.92. The van der Waals surface area contributed by atoms with Gasteiger partial charge in [-0.15, -0.1) is 0 Å². The first-order valence-corrected chi connectivity index (χ1v) is 13.3. The molecule has 0 radical (unpaired) electrons. The number of hydrogen-bond donors (Lipinski definition) is 0. The highest BCUT2D eigenvalue weighted by atomic mass is 15.6. The Morgan fingerprint density at radius 1 is 0.357 bits per heavy atom. The van der Waals surface area contributed by atoms with Crippen LogP contribution < -0.4 is 19.6 Å². The molecule has 12 nitrogen and oxygen atoms in total. The summed E-state index contributed by atoms with van der Waals surface area (Å²) in [7, 11) is 0. The Morgan fingerprint density at radius 2 is 0.619 bits per heavy atom. The Morgan fingerprint density at radius 3 is 0.833 bits per heavy atom. The second-order valence-corrected chi connectivity index (χ2v) is 9.54. The van der Waals surface area contributed by atoms with E-state index in [0.717, 1.165) is 22.7 Å². The Kier molecular flexibility index (Phi) is 5.59. The number of nitrogens with zero attached hydrogens (tertiary/aromatic N) is 12. The van der Waals surface area contributed by atoms with Gasteiger partial charge in [0.05, 0.1) is 47.5 Å². The molecule has 2 aromatic carbocycles. The van der Waals surface area contributed by atoms with Gasteiger partial charge in [-0.25, -0.2) is 19.9 Å². The van der Waals surface area contributed by atoms with Crippen molar-refractivity contribution in [1.29, 1.82) is 0 Å². The molecule has 202 valence electrons. The molecular formula is C30H22N12. The van der Waals surface area contributed by atoms with Gasteiger partial charge in [0.25, 0.3) is 0 Å². The van der Waals surface area contributed by atoms with Crippen molar-refractivity contribution in [2.75, 3.05) is 19.6 Å². The van der Waals surface area contributed by atoms with Crippen molar-refractivity contribution in [1.82, 2.24) is 39.9 Å². The standard InChI is InChI=1S/C30H22N12/c1-2-6-22-21(5-1)39(25-17-31-9-13-35-25)29(40(22)26-18-32-10-14-36-26)30-41(27-19-33-11-15-37-27)23-7-3-4-8-24(23)42(30)28-20-34-12-16-38-28/h1-20,29-30H. The molecule has 0 unspecified atom stereocenters. The van der Waals surface area contributed by atoms with E-state index >= 15 is 0 Å². The van der Waals surface area contributed by atoms with Crippen LogP contribution in [0.1, 0.15) is 0 Å². The first-order valence-electron chi connectivity index (χ1n) is 13.3.